The summed E-state index contributed by atoms with van der Waals surface area (Å²) in [7, 11) is -3.10. The summed E-state index contributed by atoms with van der Waals surface area (Å²) in [6.45, 7) is 5.30. The van der Waals surface area contributed by atoms with Crippen LogP contribution in [0.25, 0.3) is 0 Å². The monoisotopic (exact) mass is 532 g/mol. The van der Waals surface area contributed by atoms with E-state index < -0.39 is 22.0 Å². The summed E-state index contributed by atoms with van der Waals surface area (Å²) >= 11 is 0. The molecule has 0 spiro atoms. The highest BCUT2D eigenvalue weighted by Gasteiger charge is 2.35. The van der Waals surface area contributed by atoms with Crippen LogP contribution in [-0.2, 0) is 40.2 Å². The Labute approximate surface area is 215 Å². The van der Waals surface area contributed by atoms with Crippen molar-refractivity contribution < 1.29 is 26.7 Å². The number of amides is 1. The zero-order chi connectivity index (χ0) is 27.0. The number of benzene rings is 2. The first-order valence-electron chi connectivity index (χ1n) is 11.8. The zero-order valence-corrected chi connectivity index (χ0v) is 21.6. The fraction of sp³-hybridized carbons (Fsp3) is 0.333. The summed E-state index contributed by atoms with van der Waals surface area (Å²) in [6, 6.07) is 13.6. The Morgan fingerprint density at radius 1 is 1.16 bits per heavy atom. The van der Waals surface area contributed by atoms with Crippen LogP contribution in [0.15, 0.2) is 65.7 Å². The molecule has 0 radical (unpaired) electrons. The number of nitrogens with zero attached hydrogens (tertiary/aromatic N) is 2. The molecule has 37 heavy (non-hydrogen) atoms. The van der Waals surface area contributed by atoms with Crippen LogP contribution < -0.4 is 5.32 Å². The van der Waals surface area contributed by atoms with Crippen molar-refractivity contribution in [2.24, 2.45) is 5.92 Å². The topological polar surface area (TPSA) is 82.5 Å². The van der Waals surface area contributed by atoms with Gasteiger partial charge in [-0.3, -0.25) is 14.7 Å². The second kappa shape index (κ2) is 10.4. The third kappa shape index (κ3) is 6.26. The Bertz CT molecular complexity index is 1340. The van der Waals surface area contributed by atoms with Gasteiger partial charge in [0.15, 0.2) is 4.90 Å². The number of fused-ring (bicyclic) bond motifs is 1. The number of rotatable bonds is 7. The summed E-state index contributed by atoms with van der Waals surface area (Å²) in [6.07, 6.45) is -1.59. The molecule has 196 valence electrons. The maximum atomic E-state index is 12.9. The second-order valence-corrected chi connectivity index (χ2v) is 11.8. The van der Waals surface area contributed by atoms with E-state index in [1.54, 1.807) is 24.3 Å². The second-order valence-electron chi connectivity index (χ2n) is 9.69. The van der Waals surface area contributed by atoms with Gasteiger partial charge in [-0.15, -0.1) is 0 Å². The van der Waals surface area contributed by atoms with Crippen molar-refractivity contribution in [3.8, 4) is 0 Å². The molecule has 2 atom stereocenters. The molecule has 1 aromatic heterocycles. The first kappa shape index (κ1) is 27.0. The van der Waals surface area contributed by atoms with Crippen LogP contribution in [0.2, 0.25) is 0 Å². The van der Waals surface area contributed by atoms with Gasteiger partial charge in [-0.05, 0) is 46.9 Å². The van der Waals surface area contributed by atoms with Crippen LogP contribution in [0.1, 0.15) is 58.2 Å². The van der Waals surface area contributed by atoms with Crippen molar-refractivity contribution in [3.63, 3.8) is 0 Å². The van der Waals surface area contributed by atoms with E-state index in [2.05, 4.69) is 29.0 Å². The highest BCUT2D eigenvalue weighted by molar-refractivity contribution is 7.97. The van der Waals surface area contributed by atoms with Gasteiger partial charge in [-0.1, -0.05) is 42.3 Å². The minimum absolute atomic E-state index is 0.0282. The number of aromatic nitrogens is 1. The first-order valence-corrected chi connectivity index (χ1v) is 13.7. The van der Waals surface area contributed by atoms with Gasteiger partial charge in [-0.2, -0.15) is 17.7 Å². The van der Waals surface area contributed by atoms with E-state index in [1.165, 1.54) is 24.6 Å². The van der Waals surface area contributed by atoms with Crippen molar-refractivity contribution in [2.45, 2.75) is 50.6 Å². The standard InChI is InChI=1S/C27H28F3N3O3S/c1-17(2)25-24-21(16-33(25)15-18-7-9-22(10-8-18)27(28,29)30)12-20(14-31-24)26(34)32-13-19-5-4-6-23(11-19)37(3,35)36/h4-12,14,17,25H,13,15-16H2,1-3H3,(H-,32,34,35,36)/p+1. The molecular weight excluding hydrogens is 503 g/mol. The molecule has 3 aromatic rings. The molecule has 0 aliphatic carbocycles. The van der Waals surface area contributed by atoms with E-state index in [-0.39, 0.29) is 24.4 Å². The van der Waals surface area contributed by atoms with E-state index in [4.69, 9.17) is 0 Å². The molecule has 0 saturated heterocycles. The van der Waals surface area contributed by atoms with E-state index in [9.17, 15) is 26.7 Å². The van der Waals surface area contributed by atoms with Crippen molar-refractivity contribution in [1.29, 1.82) is 0 Å². The third-order valence-corrected chi connectivity index (χ3v) is 7.53. The van der Waals surface area contributed by atoms with Gasteiger partial charge in [-0.25, -0.2) is 0 Å². The predicted octanol–water partition coefficient (Wildman–Crippen LogP) is 5.70. The lowest BCUT2D eigenvalue weighted by Crippen LogP contribution is -2.25. The molecule has 10 heteroatoms. The number of hydrogen-bond donors (Lipinski definition) is 2. The molecule has 1 amide bonds. The van der Waals surface area contributed by atoms with Gasteiger partial charge in [0.1, 0.15) is 6.26 Å². The number of carbonyl (C=O) groups is 1. The third-order valence-electron chi connectivity index (χ3n) is 6.40. The zero-order valence-electron chi connectivity index (χ0n) is 20.7. The Morgan fingerprint density at radius 3 is 2.49 bits per heavy atom. The van der Waals surface area contributed by atoms with Gasteiger partial charge in [0, 0.05) is 31.9 Å². The molecule has 2 heterocycles. The van der Waals surface area contributed by atoms with Gasteiger partial charge >= 0.3 is 6.18 Å². The molecule has 2 aromatic carbocycles. The normalized spacial score (nSPS) is 17.5. The minimum Gasteiger partial charge on any atom is -0.348 e. The van der Waals surface area contributed by atoms with E-state index >= 15 is 0 Å². The van der Waals surface area contributed by atoms with Gasteiger partial charge in [0.25, 0.3) is 5.91 Å². The van der Waals surface area contributed by atoms with Crippen molar-refractivity contribution in [3.05, 3.63) is 94.3 Å². The summed E-state index contributed by atoms with van der Waals surface area (Å²) in [5.41, 5.74) is 2.97. The lowest BCUT2D eigenvalue weighted by Gasteiger charge is -2.27. The average molecular weight is 533 g/mol. The summed E-state index contributed by atoms with van der Waals surface area (Å²) in [5.74, 6) is -0.111. The lowest BCUT2D eigenvalue weighted by atomic mass is 9.99. The molecule has 4 rings (SSSR count). The van der Waals surface area contributed by atoms with Crippen LogP contribution >= 0.6 is 0 Å². The van der Waals surface area contributed by atoms with Crippen LogP contribution in [0, 0.1) is 5.92 Å². The predicted molar refractivity (Wildman–Crippen MR) is 135 cm³/mol. The first-order chi connectivity index (χ1) is 17.3. The number of alkyl halides is 3. The Hall–Kier alpha value is -3.08. The average Bonchev–Trinajstić information content (AvgIpc) is 3.19. The van der Waals surface area contributed by atoms with Gasteiger partial charge < -0.3 is 5.32 Å². The highest BCUT2D eigenvalue weighted by Crippen LogP contribution is 2.39. The Morgan fingerprint density at radius 2 is 1.86 bits per heavy atom. The SMILES string of the molecule is CC(C)C1c2ncc(C(=O)NCc3cccc([S+](C)(=O)O)c3)cc2CN1Cc1ccc(C(F)(F)F)cc1. The number of halogens is 3. The van der Waals surface area contributed by atoms with E-state index in [0.717, 1.165) is 29.0 Å². The Balaban J connectivity index is 1.47. The Kier molecular flexibility index (Phi) is 7.55. The summed E-state index contributed by atoms with van der Waals surface area (Å²) in [5, 5.41) is 2.83. The molecule has 6 nitrogen and oxygen atoms in total. The smallest absolute Gasteiger partial charge is 0.348 e. The van der Waals surface area contributed by atoms with Crippen molar-refractivity contribution in [1.82, 2.24) is 15.2 Å². The fourth-order valence-electron chi connectivity index (χ4n) is 4.63. The van der Waals surface area contributed by atoms with Gasteiger partial charge in [0.2, 0.25) is 10.2 Å². The van der Waals surface area contributed by atoms with Crippen LogP contribution in [0.4, 0.5) is 13.2 Å². The molecule has 1 aliphatic rings. The lowest BCUT2D eigenvalue weighted by molar-refractivity contribution is -0.137. The van der Waals surface area contributed by atoms with Crippen molar-refractivity contribution in [2.75, 3.05) is 6.26 Å². The van der Waals surface area contributed by atoms with Crippen LogP contribution in [-0.4, -0.2) is 26.6 Å². The van der Waals surface area contributed by atoms with Crippen LogP contribution in [0.5, 0.6) is 0 Å². The maximum absolute atomic E-state index is 12.9. The molecular formula is C27H29F3N3O3S+. The highest BCUT2D eigenvalue weighted by atomic mass is 32.3. The molecule has 2 unspecified atom stereocenters. The van der Waals surface area contributed by atoms with Crippen molar-refractivity contribution >= 4 is 16.1 Å². The molecule has 2 N–H and O–H groups in total. The number of hydrogen-bond acceptors (Lipinski definition) is 4. The molecule has 0 bridgehead atoms. The van der Waals surface area contributed by atoms with Crippen LogP contribution in [0.3, 0.4) is 0 Å². The quantitative estimate of drug-likeness (QED) is 0.381. The number of nitrogens with one attached hydrogen (secondary N) is 1. The van der Waals surface area contributed by atoms with E-state index in [0.29, 0.717) is 29.1 Å². The molecule has 0 saturated carbocycles. The largest absolute Gasteiger partial charge is 0.416 e. The number of carbonyl (C=O) groups excluding carboxylic acids is 1. The maximum Gasteiger partial charge on any atom is 0.416 e. The minimum atomic E-state index is -4.37. The summed E-state index contributed by atoms with van der Waals surface area (Å²) in [4.78, 5) is 19.9. The summed E-state index contributed by atoms with van der Waals surface area (Å²) < 4.78 is 60.4. The molecule has 0 fully saturated rings. The molecule has 1 aliphatic heterocycles. The fourth-order valence-corrected chi connectivity index (χ4v) is 5.33. The van der Waals surface area contributed by atoms with Gasteiger partial charge in [0.05, 0.1) is 22.9 Å². The number of pyridine rings is 1. The van der Waals surface area contributed by atoms with E-state index in [1.807, 2.05) is 6.07 Å².